The van der Waals surface area contributed by atoms with Gasteiger partial charge in [-0.05, 0) is 24.6 Å². The molecule has 7 nitrogen and oxygen atoms in total. The number of benzene rings is 1. The lowest BCUT2D eigenvalue weighted by Gasteiger charge is -2.08. The molecule has 3 N–H and O–H groups in total. The first-order chi connectivity index (χ1) is 9.15. The summed E-state index contributed by atoms with van der Waals surface area (Å²) in [6, 6.07) is 5.65. The first kappa shape index (κ1) is 16.4. The van der Waals surface area contributed by atoms with Crippen molar-refractivity contribution in [2.75, 3.05) is 24.3 Å². The molecule has 0 saturated heterocycles. The highest BCUT2D eigenvalue weighted by Gasteiger charge is 2.18. The van der Waals surface area contributed by atoms with Crippen LogP contribution in [0.2, 0.25) is 0 Å². The molecular formula is C11H15N3O4S2. The summed E-state index contributed by atoms with van der Waals surface area (Å²) in [5.41, 5.74) is 5.72. The molecule has 0 fully saturated rings. The number of hydrogen-bond acceptors (Lipinski definition) is 6. The largest absolute Gasteiger partial charge is 0.399 e. The highest BCUT2D eigenvalue weighted by atomic mass is 32.2. The molecule has 0 aliphatic rings. The molecule has 1 aromatic rings. The fourth-order valence-corrected chi connectivity index (χ4v) is 3.37. The van der Waals surface area contributed by atoms with Crippen LogP contribution in [-0.2, 0) is 19.9 Å². The first-order valence-corrected chi connectivity index (χ1v) is 9.17. The summed E-state index contributed by atoms with van der Waals surface area (Å²) in [5.74, 6) is -0.109. The molecule has 1 rings (SSSR count). The van der Waals surface area contributed by atoms with Crippen molar-refractivity contribution in [2.45, 2.75) is 11.3 Å². The Morgan fingerprint density at radius 2 is 1.95 bits per heavy atom. The standard InChI is InChI=1S/C11H15N3O4S2/c1-19(15,16)6-2-5-14-20(17,18)11-4-3-10(13)7-9(11)8-12/h3-4,7,14H,2,5-6,13H2,1H3. The lowest BCUT2D eigenvalue weighted by atomic mass is 10.2. The highest BCUT2D eigenvalue weighted by Crippen LogP contribution is 2.17. The van der Waals surface area contributed by atoms with E-state index in [2.05, 4.69) is 4.72 Å². The van der Waals surface area contributed by atoms with Gasteiger partial charge in [-0.15, -0.1) is 0 Å². The van der Waals surface area contributed by atoms with Gasteiger partial charge in [0.05, 0.1) is 16.2 Å². The number of nitrogen functional groups attached to an aromatic ring is 1. The summed E-state index contributed by atoms with van der Waals surface area (Å²) in [5, 5.41) is 8.91. The average Bonchev–Trinajstić information content (AvgIpc) is 2.33. The zero-order chi connectivity index (χ0) is 15.4. The molecule has 0 unspecified atom stereocenters. The van der Waals surface area contributed by atoms with Crippen molar-refractivity contribution in [3.8, 4) is 6.07 Å². The van der Waals surface area contributed by atoms with Crippen molar-refractivity contribution in [1.29, 1.82) is 5.26 Å². The van der Waals surface area contributed by atoms with Gasteiger partial charge < -0.3 is 5.73 Å². The van der Waals surface area contributed by atoms with Crippen LogP contribution in [-0.4, -0.2) is 35.4 Å². The van der Waals surface area contributed by atoms with Gasteiger partial charge in [0.1, 0.15) is 15.9 Å². The van der Waals surface area contributed by atoms with Crippen molar-refractivity contribution in [3.05, 3.63) is 23.8 Å². The Bertz CT molecular complexity index is 733. The number of anilines is 1. The molecule has 0 radical (unpaired) electrons. The Kier molecular flexibility index (Phi) is 5.10. The maximum atomic E-state index is 12.0. The molecule has 0 spiro atoms. The van der Waals surface area contributed by atoms with Gasteiger partial charge in [-0.3, -0.25) is 0 Å². The Morgan fingerprint density at radius 1 is 1.30 bits per heavy atom. The van der Waals surface area contributed by atoms with E-state index in [1.54, 1.807) is 6.07 Å². The van der Waals surface area contributed by atoms with Gasteiger partial charge in [-0.1, -0.05) is 0 Å². The minimum Gasteiger partial charge on any atom is -0.399 e. The molecule has 1 aromatic carbocycles. The van der Waals surface area contributed by atoms with E-state index in [1.807, 2.05) is 0 Å². The maximum absolute atomic E-state index is 12.0. The molecule has 0 aliphatic carbocycles. The van der Waals surface area contributed by atoms with Crippen LogP contribution < -0.4 is 10.5 Å². The van der Waals surface area contributed by atoms with Crippen molar-refractivity contribution < 1.29 is 16.8 Å². The lowest BCUT2D eigenvalue weighted by Crippen LogP contribution is -2.26. The second-order valence-electron chi connectivity index (χ2n) is 4.25. The third-order valence-electron chi connectivity index (χ3n) is 2.40. The zero-order valence-corrected chi connectivity index (χ0v) is 12.5. The minimum absolute atomic E-state index is 0.0232. The van der Waals surface area contributed by atoms with E-state index in [1.165, 1.54) is 18.2 Å². The number of nitrogens with two attached hydrogens (primary N) is 1. The molecule has 0 saturated carbocycles. The molecule has 20 heavy (non-hydrogen) atoms. The van der Waals surface area contributed by atoms with Crippen LogP contribution in [0.3, 0.4) is 0 Å². The van der Waals surface area contributed by atoms with Gasteiger partial charge in [-0.2, -0.15) is 5.26 Å². The predicted molar refractivity (Wildman–Crippen MR) is 75.1 cm³/mol. The van der Waals surface area contributed by atoms with Crippen molar-refractivity contribution >= 4 is 25.5 Å². The van der Waals surface area contributed by atoms with E-state index in [4.69, 9.17) is 11.0 Å². The van der Waals surface area contributed by atoms with Crippen molar-refractivity contribution in [1.82, 2.24) is 4.72 Å². The smallest absolute Gasteiger partial charge is 0.241 e. The molecule has 0 bridgehead atoms. The molecule has 9 heteroatoms. The quantitative estimate of drug-likeness (QED) is 0.554. The molecule has 0 aromatic heterocycles. The topological polar surface area (TPSA) is 130 Å². The van der Waals surface area contributed by atoms with E-state index in [-0.39, 0.29) is 34.9 Å². The fraction of sp³-hybridized carbons (Fsp3) is 0.364. The predicted octanol–water partition coefficient (Wildman–Crippen LogP) is -0.147. The second-order valence-corrected chi connectivity index (χ2v) is 8.24. The fourth-order valence-electron chi connectivity index (χ4n) is 1.49. The number of rotatable bonds is 6. The third-order valence-corrected chi connectivity index (χ3v) is 4.95. The number of nitriles is 1. The van der Waals surface area contributed by atoms with Gasteiger partial charge in [0.15, 0.2) is 0 Å². The monoisotopic (exact) mass is 317 g/mol. The van der Waals surface area contributed by atoms with Gasteiger partial charge in [-0.25, -0.2) is 21.6 Å². The number of nitrogens with one attached hydrogen (secondary N) is 1. The zero-order valence-electron chi connectivity index (χ0n) is 10.8. The normalized spacial score (nSPS) is 12.0. The van der Waals surface area contributed by atoms with Gasteiger partial charge in [0, 0.05) is 18.5 Å². The Labute approximate surface area is 118 Å². The van der Waals surface area contributed by atoms with E-state index in [9.17, 15) is 16.8 Å². The average molecular weight is 317 g/mol. The summed E-state index contributed by atoms with van der Waals surface area (Å²) in [6.07, 6.45) is 1.24. The molecule has 0 heterocycles. The second kappa shape index (κ2) is 6.21. The third kappa shape index (κ3) is 4.80. The van der Waals surface area contributed by atoms with Crippen LogP contribution >= 0.6 is 0 Å². The van der Waals surface area contributed by atoms with Gasteiger partial charge in [0.25, 0.3) is 0 Å². The Balaban J connectivity index is 2.83. The lowest BCUT2D eigenvalue weighted by molar-refractivity contribution is 0.577. The number of hydrogen-bond donors (Lipinski definition) is 2. The Morgan fingerprint density at radius 3 is 2.50 bits per heavy atom. The minimum atomic E-state index is -3.86. The van der Waals surface area contributed by atoms with E-state index in [0.717, 1.165) is 6.26 Å². The summed E-state index contributed by atoms with van der Waals surface area (Å²) >= 11 is 0. The van der Waals surface area contributed by atoms with Gasteiger partial charge >= 0.3 is 0 Å². The molecule has 0 atom stereocenters. The number of sulfone groups is 1. The summed E-state index contributed by atoms with van der Waals surface area (Å²) < 4.78 is 48.1. The van der Waals surface area contributed by atoms with E-state index < -0.39 is 19.9 Å². The van der Waals surface area contributed by atoms with Crippen LogP contribution in [0.4, 0.5) is 5.69 Å². The van der Waals surface area contributed by atoms with Crippen LogP contribution in [0.1, 0.15) is 12.0 Å². The molecular weight excluding hydrogens is 302 g/mol. The first-order valence-electron chi connectivity index (χ1n) is 5.63. The summed E-state index contributed by atoms with van der Waals surface area (Å²) in [7, 11) is -6.99. The van der Waals surface area contributed by atoms with Gasteiger partial charge in [0.2, 0.25) is 10.0 Å². The Hall–Kier alpha value is -1.63. The molecule has 110 valence electrons. The van der Waals surface area contributed by atoms with Crippen molar-refractivity contribution in [2.24, 2.45) is 0 Å². The summed E-state index contributed by atoms with van der Waals surface area (Å²) in [4.78, 5) is -0.173. The van der Waals surface area contributed by atoms with E-state index in [0.29, 0.717) is 0 Å². The van der Waals surface area contributed by atoms with Crippen molar-refractivity contribution in [3.63, 3.8) is 0 Å². The SMILES string of the molecule is CS(=O)(=O)CCCNS(=O)(=O)c1ccc(N)cc1C#N. The van der Waals surface area contributed by atoms with Crippen LogP contribution in [0, 0.1) is 11.3 Å². The summed E-state index contributed by atoms with van der Waals surface area (Å²) in [6.45, 7) is -0.0232. The molecule has 0 aliphatic heterocycles. The number of nitrogens with zero attached hydrogens (tertiary/aromatic N) is 1. The maximum Gasteiger partial charge on any atom is 0.241 e. The van der Waals surface area contributed by atoms with Crippen LogP contribution in [0.5, 0.6) is 0 Å². The number of sulfonamides is 1. The van der Waals surface area contributed by atoms with E-state index >= 15 is 0 Å². The van der Waals surface area contributed by atoms with Crippen LogP contribution in [0.25, 0.3) is 0 Å². The highest BCUT2D eigenvalue weighted by molar-refractivity contribution is 7.90. The van der Waals surface area contributed by atoms with Crippen LogP contribution in [0.15, 0.2) is 23.1 Å². The molecule has 0 amide bonds.